The summed E-state index contributed by atoms with van der Waals surface area (Å²) in [6.07, 6.45) is -0.397. The number of fused-ring (bicyclic) bond motifs is 5. The number of rotatable bonds is 1. The molecule has 4 nitrogen and oxygen atoms in total. The van der Waals surface area contributed by atoms with Crippen molar-refractivity contribution in [3.8, 4) is 0 Å². The van der Waals surface area contributed by atoms with Crippen LogP contribution >= 0.6 is 7.92 Å². The van der Waals surface area contributed by atoms with Crippen molar-refractivity contribution in [1.29, 1.82) is 0 Å². The number of nitrogens with zero attached hydrogens (tertiary/aromatic N) is 2. The molecule has 1 saturated heterocycles. The molecule has 9 heteroatoms. The minimum atomic E-state index is -4.39. The van der Waals surface area contributed by atoms with Gasteiger partial charge in [-0.1, -0.05) is 20.1 Å². The van der Waals surface area contributed by atoms with E-state index >= 15 is 4.39 Å². The maximum Gasteiger partial charge on any atom is 0.416 e. The first-order valence-corrected chi connectivity index (χ1v) is 13.0. The predicted molar refractivity (Wildman–Crippen MR) is 124 cm³/mol. The molecule has 3 aromatic rings. The Morgan fingerprint density at radius 3 is 2.55 bits per heavy atom. The average molecular weight is 476 g/mol. The summed E-state index contributed by atoms with van der Waals surface area (Å²) in [4.78, 5) is 9.28. The molecule has 3 heterocycles. The number of benzene rings is 2. The summed E-state index contributed by atoms with van der Waals surface area (Å²) in [5.74, 6) is 0.925. The molecule has 0 unspecified atom stereocenters. The zero-order chi connectivity index (χ0) is 23.0. The standard InChI is InChI=1S/C24H25F4N4P/c25-19-13-20-17(12-21(19)33-10-8-29-9-11-33)23-30-14-15-4-3-6-18(24(26,27)28)16(15)5-1-2-7-22(31-20)32-23/h3-4,6,12-13,29H,1-2,5,7-11,14H2,(H,30,31,32). The maximum atomic E-state index is 15.0. The zero-order valence-electron chi connectivity index (χ0n) is 18.1. The van der Waals surface area contributed by atoms with Crippen molar-refractivity contribution in [2.24, 2.45) is 0 Å². The van der Waals surface area contributed by atoms with E-state index in [0.717, 1.165) is 42.2 Å². The van der Waals surface area contributed by atoms with Crippen LogP contribution < -0.4 is 15.9 Å². The Labute approximate surface area is 191 Å². The van der Waals surface area contributed by atoms with Gasteiger partial charge in [-0.25, -0.2) is 14.4 Å². The fourth-order valence-electron chi connectivity index (χ4n) is 4.71. The molecule has 5 rings (SSSR count). The average Bonchev–Trinajstić information content (AvgIpc) is 2.82. The van der Waals surface area contributed by atoms with Gasteiger partial charge in [0.25, 0.3) is 0 Å². The van der Waals surface area contributed by atoms with Crippen LogP contribution in [0.4, 0.5) is 23.4 Å². The minimum absolute atomic E-state index is 0.218. The molecule has 0 atom stereocenters. The third kappa shape index (κ3) is 4.69. The summed E-state index contributed by atoms with van der Waals surface area (Å²) in [7, 11) is -0.599. The monoisotopic (exact) mass is 476 g/mol. The predicted octanol–water partition coefficient (Wildman–Crippen LogP) is 4.99. The van der Waals surface area contributed by atoms with Crippen molar-refractivity contribution in [2.45, 2.75) is 38.4 Å². The molecule has 174 valence electrons. The van der Waals surface area contributed by atoms with E-state index < -0.39 is 19.7 Å². The molecular weight excluding hydrogens is 451 g/mol. The molecule has 33 heavy (non-hydrogen) atoms. The van der Waals surface area contributed by atoms with E-state index in [1.54, 1.807) is 6.07 Å². The molecule has 0 radical (unpaired) electrons. The van der Waals surface area contributed by atoms with Gasteiger partial charge in [0, 0.05) is 29.7 Å². The Kier molecular flexibility index (Phi) is 6.23. The Morgan fingerprint density at radius 1 is 0.970 bits per heavy atom. The smallest absolute Gasteiger partial charge is 0.365 e. The third-order valence-electron chi connectivity index (χ3n) is 6.37. The highest BCUT2D eigenvalue weighted by molar-refractivity contribution is 7.65. The summed E-state index contributed by atoms with van der Waals surface area (Å²) >= 11 is 0. The van der Waals surface area contributed by atoms with Gasteiger partial charge in [-0.3, -0.25) is 0 Å². The Morgan fingerprint density at radius 2 is 1.76 bits per heavy atom. The highest BCUT2D eigenvalue weighted by Crippen LogP contribution is 2.38. The normalized spacial score (nSPS) is 17.8. The van der Waals surface area contributed by atoms with Crippen molar-refractivity contribution in [3.63, 3.8) is 0 Å². The van der Waals surface area contributed by atoms with Gasteiger partial charge in [0.1, 0.15) is 17.5 Å². The Balaban J connectivity index is 1.57. The van der Waals surface area contributed by atoms with Crippen LogP contribution in [0.3, 0.4) is 0 Å². The summed E-state index contributed by atoms with van der Waals surface area (Å²) in [5.41, 5.74) is 0.930. The fourth-order valence-corrected chi connectivity index (χ4v) is 6.95. The molecule has 2 aromatic carbocycles. The van der Waals surface area contributed by atoms with E-state index in [-0.39, 0.29) is 12.4 Å². The lowest BCUT2D eigenvalue weighted by molar-refractivity contribution is -0.138. The molecule has 1 fully saturated rings. The Bertz CT molecular complexity index is 1180. The number of alkyl halides is 3. The molecule has 0 saturated carbocycles. The number of hydrogen-bond acceptors (Lipinski definition) is 4. The molecule has 2 aliphatic rings. The molecule has 2 N–H and O–H groups in total. The van der Waals surface area contributed by atoms with Gasteiger partial charge in [0.2, 0.25) is 0 Å². The van der Waals surface area contributed by atoms with Gasteiger partial charge in [0.05, 0.1) is 11.1 Å². The number of halogens is 4. The van der Waals surface area contributed by atoms with E-state index in [2.05, 4.69) is 15.6 Å². The van der Waals surface area contributed by atoms with Crippen LogP contribution in [-0.4, -0.2) is 35.4 Å². The molecule has 0 spiro atoms. The van der Waals surface area contributed by atoms with Crippen molar-refractivity contribution >= 4 is 29.9 Å². The van der Waals surface area contributed by atoms with Crippen LogP contribution in [0.25, 0.3) is 10.9 Å². The SMILES string of the molecule is Fc1cc2nc3nc(c2cc1P1CCNCC1)NCc1cccc(C(F)(F)F)c1CCCC3. The van der Waals surface area contributed by atoms with Crippen LogP contribution in [0, 0.1) is 5.82 Å². The lowest BCUT2D eigenvalue weighted by Crippen LogP contribution is -2.30. The van der Waals surface area contributed by atoms with Gasteiger partial charge in [-0.2, -0.15) is 13.2 Å². The van der Waals surface area contributed by atoms with Crippen LogP contribution in [0.2, 0.25) is 0 Å². The number of aryl methyl sites for hydroxylation is 1. The maximum absolute atomic E-state index is 15.0. The lowest BCUT2D eigenvalue weighted by Gasteiger charge is -2.24. The zero-order valence-corrected chi connectivity index (χ0v) is 19.0. The van der Waals surface area contributed by atoms with Gasteiger partial charge < -0.3 is 10.6 Å². The first-order valence-electron chi connectivity index (χ1n) is 11.3. The van der Waals surface area contributed by atoms with Crippen LogP contribution in [0.15, 0.2) is 30.3 Å². The number of hydrogen-bond donors (Lipinski definition) is 2. The number of anilines is 1. The second kappa shape index (κ2) is 9.15. The van der Waals surface area contributed by atoms with Crippen molar-refractivity contribution < 1.29 is 17.6 Å². The Hall–Kier alpha value is -2.31. The second-order valence-corrected chi connectivity index (χ2v) is 11.0. The van der Waals surface area contributed by atoms with E-state index in [1.165, 1.54) is 12.1 Å². The summed E-state index contributed by atoms with van der Waals surface area (Å²) in [5, 5.41) is 8.03. The first-order chi connectivity index (χ1) is 15.9. The summed E-state index contributed by atoms with van der Waals surface area (Å²) in [6.45, 7) is 1.97. The van der Waals surface area contributed by atoms with Gasteiger partial charge in [-0.05, 0) is 67.9 Å². The van der Waals surface area contributed by atoms with Crippen molar-refractivity contribution in [3.05, 3.63) is 58.7 Å². The van der Waals surface area contributed by atoms with E-state index in [1.807, 2.05) is 6.07 Å². The first kappa shape index (κ1) is 22.5. The topological polar surface area (TPSA) is 49.8 Å². The third-order valence-corrected chi connectivity index (χ3v) is 8.92. The molecular formula is C24H25F4N4P. The van der Waals surface area contributed by atoms with Gasteiger partial charge >= 0.3 is 6.18 Å². The van der Waals surface area contributed by atoms with Crippen LogP contribution in [-0.2, 0) is 25.6 Å². The highest BCUT2D eigenvalue weighted by Gasteiger charge is 2.34. The molecule has 2 aliphatic heterocycles. The number of nitrogens with one attached hydrogen (secondary N) is 2. The molecule has 2 bridgehead atoms. The van der Waals surface area contributed by atoms with E-state index in [0.29, 0.717) is 54.0 Å². The highest BCUT2D eigenvalue weighted by atomic mass is 31.1. The number of aromatic nitrogens is 2. The van der Waals surface area contributed by atoms with Gasteiger partial charge in [0.15, 0.2) is 0 Å². The van der Waals surface area contributed by atoms with Crippen molar-refractivity contribution in [2.75, 3.05) is 30.7 Å². The molecule has 0 aliphatic carbocycles. The summed E-state index contributed by atoms with van der Waals surface area (Å²) in [6, 6.07) is 7.72. The summed E-state index contributed by atoms with van der Waals surface area (Å²) < 4.78 is 56.0. The lowest BCUT2D eigenvalue weighted by atomic mass is 9.95. The quantitative estimate of drug-likeness (QED) is 0.384. The van der Waals surface area contributed by atoms with E-state index in [4.69, 9.17) is 4.98 Å². The molecule has 1 aromatic heterocycles. The van der Waals surface area contributed by atoms with Crippen LogP contribution in [0.1, 0.15) is 35.4 Å². The largest absolute Gasteiger partial charge is 0.416 e. The fraction of sp³-hybridized carbons (Fsp3) is 0.417. The molecule has 0 amide bonds. The second-order valence-electron chi connectivity index (χ2n) is 8.55. The van der Waals surface area contributed by atoms with Crippen LogP contribution in [0.5, 0.6) is 0 Å². The van der Waals surface area contributed by atoms with Gasteiger partial charge in [-0.15, -0.1) is 0 Å². The minimum Gasteiger partial charge on any atom is -0.365 e. The van der Waals surface area contributed by atoms with E-state index in [9.17, 15) is 13.2 Å². The van der Waals surface area contributed by atoms with Crippen molar-refractivity contribution in [1.82, 2.24) is 15.3 Å².